The molecular weight excluding hydrogens is 321 g/mol. The van der Waals surface area contributed by atoms with Gasteiger partial charge in [0.2, 0.25) is 0 Å². The average molecular weight is 336 g/mol. The van der Waals surface area contributed by atoms with E-state index in [0.717, 1.165) is 6.07 Å². The summed E-state index contributed by atoms with van der Waals surface area (Å²) in [6.45, 7) is 4.17. The number of hydrogen-bond donors (Lipinski definition) is 0. The molecule has 0 bridgehead atoms. The summed E-state index contributed by atoms with van der Waals surface area (Å²) < 4.78 is 40.5. The Kier molecular flexibility index (Phi) is 5.14. The third-order valence-corrected chi connectivity index (χ3v) is 6.58. The van der Waals surface area contributed by atoms with Gasteiger partial charge in [-0.05, 0) is 12.1 Å². The van der Waals surface area contributed by atoms with Gasteiger partial charge in [-0.1, -0.05) is 26.0 Å². The van der Waals surface area contributed by atoms with Crippen LogP contribution in [0.5, 0.6) is 5.75 Å². The second-order valence-electron chi connectivity index (χ2n) is 4.81. The number of ether oxygens (including phenoxy) is 1. The van der Waals surface area contributed by atoms with Gasteiger partial charge in [0.05, 0.1) is 5.25 Å². The lowest BCUT2D eigenvalue weighted by Crippen LogP contribution is -2.31. The number of Topliss-reactive ketones (excluding diaryl/α,β-unsaturated/α-hetero) is 1. The van der Waals surface area contributed by atoms with Crippen LogP contribution in [0.25, 0.3) is 0 Å². The van der Waals surface area contributed by atoms with Crippen molar-refractivity contribution in [2.45, 2.75) is 36.0 Å². The molecule has 1 aliphatic heterocycles. The summed E-state index contributed by atoms with van der Waals surface area (Å²) in [6.07, 6.45) is -4.75. The fourth-order valence-corrected chi connectivity index (χ4v) is 4.83. The van der Waals surface area contributed by atoms with E-state index in [9.17, 15) is 18.0 Å². The molecule has 0 amide bonds. The molecular formula is C14H15F3O2S2. The lowest BCUT2D eigenvalue weighted by atomic mass is 10.1. The van der Waals surface area contributed by atoms with Crippen molar-refractivity contribution < 1.29 is 22.7 Å². The van der Waals surface area contributed by atoms with Crippen molar-refractivity contribution >= 4 is 29.3 Å². The Morgan fingerprint density at radius 3 is 2.62 bits per heavy atom. The lowest BCUT2D eigenvalue weighted by Gasteiger charge is -2.30. The van der Waals surface area contributed by atoms with Crippen molar-refractivity contribution in [2.75, 3.05) is 5.75 Å². The first-order valence-electron chi connectivity index (χ1n) is 6.43. The van der Waals surface area contributed by atoms with Crippen LogP contribution in [0, 0.1) is 0 Å². The number of halogens is 3. The first kappa shape index (κ1) is 16.5. The Morgan fingerprint density at radius 1 is 1.29 bits per heavy atom. The topological polar surface area (TPSA) is 26.3 Å². The first-order chi connectivity index (χ1) is 9.76. The van der Waals surface area contributed by atoms with Crippen LogP contribution in [0.4, 0.5) is 13.2 Å². The van der Waals surface area contributed by atoms with Crippen LogP contribution in [0.3, 0.4) is 0 Å². The Bertz CT molecular complexity index is 519. The van der Waals surface area contributed by atoms with E-state index in [2.05, 4.69) is 18.6 Å². The number of alkyl halides is 3. The minimum absolute atomic E-state index is 0.140. The van der Waals surface area contributed by atoms with Gasteiger partial charge < -0.3 is 4.74 Å². The summed E-state index contributed by atoms with van der Waals surface area (Å²) in [6, 6.07) is 5.28. The monoisotopic (exact) mass is 336 g/mol. The number of benzene rings is 1. The van der Waals surface area contributed by atoms with Crippen LogP contribution in [-0.4, -0.2) is 33.6 Å². The highest BCUT2D eigenvalue weighted by Crippen LogP contribution is 2.37. The Balaban J connectivity index is 2.11. The summed E-state index contributed by atoms with van der Waals surface area (Å²) in [5, 5.41) is 0.591. The molecule has 3 unspecified atom stereocenters. The van der Waals surface area contributed by atoms with E-state index < -0.39 is 6.36 Å². The fourth-order valence-electron chi connectivity index (χ4n) is 1.95. The van der Waals surface area contributed by atoms with E-state index in [-0.39, 0.29) is 22.3 Å². The van der Waals surface area contributed by atoms with Gasteiger partial charge in [0.1, 0.15) is 5.75 Å². The van der Waals surface area contributed by atoms with Crippen molar-refractivity contribution in [3.05, 3.63) is 29.8 Å². The van der Waals surface area contributed by atoms with Crippen LogP contribution < -0.4 is 4.74 Å². The minimum Gasteiger partial charge on any atom is -0.406 e. The van der Waals surface area contributed by atoms with E-state index in [4.69, 9.17) is 0 Å². The predicted molar refractivity (Wildman–Crippen MR) is 80.2 cm³/mol. The van der Waals surface area contributed by atoms with Crippen LogP contribution in [0.2, 0.25) is 0 Å². The maximum absolute atomic E-state index is 12.4. The first-order valence-corrected chi connectivity index (χ1v) is 8.42. The molecule has 0 aromatic heterocycles. The SMILES string of the molecule is CC1SCC(C(=O)c2cccc(OC(F)(F)F)c2)SC1C. The summed E-state index contributed by atoms with van der Waals surface area (Å²) in [5.74, 6) is 0.182. The Labute approximate surface area is 129 Å². The van der Waals surface area contributed by atoms with Gasteiger partial charge >= 0.3 is 6.36 Å². The molecule has 1 aromatic rings. The lowest BCUT2D eigenvalue weighted by molar-refractivity contribution is -0.274. The number of thioether (sulfide) groups is 2. The third kappa shape index (κ3) is 4.57. The molecule has 0 saturated carbocycles. The minimum atomic E-state index is -4.75. The van der Waals surface area contributed by atoms with Gasteiger partial charge in [0, 0.05) is 21.8 Å². The van der Waals surface area contributed by atoms with E-state index in [0.29, 0.717) is 16.3 Å². The summed E-state index contributed by atoms with van der Waals surface area (Å²) in [7, 11) is 0. The zero-order valence-corrected chi connectivity index (χ0v) is 13.1. The molecule has 0 radical (unpaired) electrons. The van der Waals surface area contributed by atoms with Crippen LogP contribution in [0.1, 0.15) is 24.2 Å². The summed E-state index contributed by atoms with van der Waals surface area (Å²) in [4.78, 5) is 12.4. The highest BCUT2D eigenvalue weighted by Gasteiger charge is 2.33. The maximum atomic E-state index is 12.4. The number of ketones is 1. The predicted octanol–water partition coefficient (Wildman–Crippen LogP) is 4.39. The Hall–Kier alpha value is -0.820. The molecule has 0 aliphatic carbocycles. The largest absolute Gasteiger partial charge is 0.573 e. The van der Waals surface area contributed by atoms with Crippen LogP contribution >= 0.6 is 23.5 Å². The summed E-state index contributed by atoms with van der Waals surface area (Å²) in [5.41, 5.74) is 0.261. The number of carbonyl (C=O) groups excluding carboxylic acids is 1. The van der Waals surface area contributed by atoms with Gasteiger partial charge in [0.15, 0.2) is 5.78 Å². The highest BCUT2D eigenvalue weighted by atomic mass is 32.2. The highest BCUT2D eigenvalue weighted by molar-refractivity contribution is 8.08. The Morgan fingerprint density at radius 2 is 2.00 bits per heavy atom. The zero-order valence-electron chi connectivity index (χ0n) is 11.5. The van der Waals surface area contributed by atoms with Gasteiger partial charge in [-0.2, -0.15) is 11.8 Å². The van der Waals surface area contributed by atoms with Crippen molar-refractivity contribution in [1.29, 1.82) is 0 Å². The van der Waals surface area contributed by atoms with E-state index in [1.54, 1.807) is 23.5 Å². The number of carbonyl (C=O) groups is 1. The zero-order chi connectivity index (χ0) is 15.6. The maximum Gasteiger partial charge on any atom is 0.573 e. The van der Waals surface area contributed by atoms with Crippen molar-refractivity contribution in [1.82, 2.24) is 0 Å². The molecule has 116 valence electrons. The molecule has 0 spiro atoms. The molecule has 1 aliphatic rings. The molecule has 21 heavy (non-hydrogen) atoms. The second kappa shape index (κ2) is 6.52. The standard InChI is InChI=1S/C14H15F3O2S2/c1-8-9(2)21-12(7-20-8)13(18)10-4-3-5-11(6-10)19-14(15,16)17/h3-6,8-9,12H,7H2,1-2H3. The number of hydrogen-bond acceptors (Lipinski definition) is 4. The third-order valence-electron chi connectivity index (χ3n) is 3.20. The van der Waals surface area contributed by atoms with Gasteiger partial charge in [-0.25, -0.2) is 0 Å². The van der Waals surface area contributed by atoms with Crippen molar-refractivity contribution in [3.8, 4) is 5.75 Å². The molecule has 1 fully saturated rings. The molecule has 7 heteroatoms. The van der Waals surface area contributed by atoms with Crippen LogP contribution in [-0.2, 0) is 0 Å². The molecule has 1 aromatic carbocycles. The molecule has 1 heterocycles. The normalized spacial score (nSPS) is 26.4. The molecule has 3 atom stereocenters. The molecule has 0 N–H and O–H groups in total. The van der Waals surface area contributed by atoms with Crippen molar-refractivity contribution in [2.24, 2.45) is 0 Å². The number of rotatable bonds is 3. The molecule has 1 saturated heterocycles. The molecule has 2 rings (SSSR count). The van der Waals surface area contributed by atoms with E-state index in [1.807, 2.05) is 0 Å². The van der Waals surface area contributed by atoms with Gasteiger partial charge in [-0.3, -0.25) is 4.79 Å². The van der Waals surface area contributed by atoms with Gasteiger partial charge in [0.25, 0.3) is 0 Å². The van der Waals surface area contributed by atoms with Crippen LogP contribution in [0.15, 0.2) is 24.3 Å². The average Bonchev–Trinajstić information content (AvgIpc) is 2.39. The van der Waals surface area contributed by atoms with Crippen molar-refractivity contribution in [3.63, 3.8) is 0 Å². The second-order valence-corrected chi connectivity index (χ2v) is 7.80. The van der Waals surface area contributed by atoms with E-state index in [1.165, 1.54) is 18.2 Å². The molecule has 2 nitrogen and oxygen atoms in total. The fraction of sp³-hybridized carbons (Fsp3) is 0.500. The smallest absolute Gasteiger partial charge is 0.406 e. The quantitative estimate of drug-likeness (QED) is 0.765. The van der Waals surface area contributed by atoms with E-state index >= 15 is 0 Å². The van der Waals surface area contributed by atoms with Gasteiger partial charge in [-0.15, -0.1) is 24.9 Å². The summed E-state index contributed by atoms with van der Waals surface area (Å²) >= 11 is 3.30.